The molecule has 0 atom stereocenters. The van der Waals surface area contributed by atoms with Crippen molar-refractivity contribution in [2.24, 2.45) is 0 Å². The first-order valence-corrected chi connectivity index (χ1v) is 6.95. The highest BCUT2D eigenvalue weighted by Crippen LogP contribution is 2.40. The highest BCUT2D eigenvalue weighted by atomic mass is 14.7. The van der Waals surface area contributed by atoms with E-state index in [2.05, 4.69) is 9.97 Å². The van der Waals surface area contributed by atoms with Crippen LogP contribution in [0.1, 0.15) is 13.9 Å². The normalized spacial score (nSPS) is 16.4. The second-order valence-corrected chi connectivity index (χ2v) is 5.25. The number of pyridine rings is 2. The number of hydrogen-bond donors (Lipinski definition) is 0. The van der Waals surface area contributed by atoms with E-state index in [0.29, 0.717) is 11.1 Å². The SMILES string of the molecule is [2H]C1([2H])c2c(ncc3ncccc23)-c2cccc3cccc1c23. The molecule has 2 aromatic heterocycles. The molecule has 21 heavy (non-hydrogen) atoms. The van der Waals surface area contributed by atoms with Gasteiger partial charge in [0, 0.05) is 26.3 Å². The van der Waals surface area contributed by atoms with Gasteiger partial charge in [-0.25, -0.2) is 0 Å². The van der Waals surface area contributed by atoms with Gasteiger partial charge in [0.15, 0.2) is 0 Å². The van der Waals surface area contributed by atoms with Crippen LogP contribution < -0.4 is 0 Å². The molecule has 0 spiro atoms. The topological polar surface area (TPSA) is 25.8 Å². The van der Waals surface area contributed by atoms with Crippen LogP contribution in [0.25, 0.3) is 32.9 Å². The van der Waals surface area contributed by atoms with Crippen molar-refractivity contribution in [2.75, 3.05) is 0 Å². The van der Waals surface area contributed by atoms with Crippen molar-refractivity contribution in [3.05, 3.63) is 72.1 Å². The molecule has 0 bridgehead atoms. The van der Waals surface area contributed by atoms with Gasteiger partial charge < -0.3 is 0 Å². The largest absolute Gasteiger partial charge is 0.255 e. The van der Waals surface area contributed by atoms with E-state index in [1.54, 1.807) is 12.4 Å². The van der Waals surface area contributed by atoms with Gasteiger partial charge in [-0.2, -0.15) is 0 Å². The zero-order valence-electron chi connectivity index (χ0n) is 13.2. The Labute approximate surface area is 124 Å². The van der Waals surface area contributed by atoms with E-state index in [1.807, 2.05) is 48.5 Å². The lowest BCUT2D eigenvalue weighted by Crippen LogP contribution is -2.04. The van der Waals surface area contributed by atoms with E-state index < -0.39 is 6.37 Å². The molecule has 4 aromatic rings. The summed E-state index contributed by atoms with van der Waals surface area (Å²) in [5, 5.41) is 2.83. The first-order valence-electron chi connectivity index (χ1n) is 7.95. The van der Waals surface area contributed by atoms with Gasteiger partial charge in [-0.1, -0.05) is 42.5 Å². The maximum absolute atomic E-state index is 8.81. The van der Waals surface area contributed by atoms with Crippen molar-refractivity contribution in [1.82, 2.24) is 9.97 Å². The molecule has 0 saturated heterocycles. The van der Waals surface area contributed by atoms with E-state index in [4.69, 9.17) is 2.74 Å². The number of aromatic nitrogens is 2. The van der Waals surface area contributed by atoms with E-state index in [0.717, 1.165) is 32.9 Å². The first kappa shape index (κ1) is 9.24. The van der Waals surface area contributed by atoms with Crippen LogP contribution >= 0.6 is 0 Å². The number of rotatable bonds is 0. The van der Waals surface area contributed by atoms with Crippen molar-refractivity contribution >= 4 is 21.7 Å². The molecule has 0 radical (unpaired) electrons. The Morgan fingerprint density at radius 1 is 0.952 bits per heavy atom. The second kappa shape index (κ2) is 3.89. The molecule has 0 fully saturated rings. The van der Waals surface area contributed by atoms with Crippen molar-refractivity contribution in [3.8, 4) is 11.3 Å². The maximum atomic E-state index is 8.81. The molecule has 5 rings (SSSR count). The zero-order chi connectivity index (χ0) is 15.6. The lowest BCUT2D eigenvalue weighted by molar-refractivity contribution is 1.16. The molecule has 0 saturated carbocycles. The summed E-state index contributed by atoms with van der Waals surface area (Å²) in [6, 6.07) is 15.6. The summed E-state index contributed by atoms with van der Waals surface area (Å²) in [6.45, 7) is 0. The Morgan fingerprint density at radius 2 is 1.86 bits per heavy atom. The third-order valence-electron chi connectivity index (χ3n) is 4.08. The maximum Gasteiger partial charge on any atom is 0.0888 e. The molecule has 0 aliphatic heterocycles. The lowest BCUT2D eigenvalue weighted by Gasteiger charge is -2.21. The minimum Gasteiger partial charge on any atom is -0.255 e. The zero-order valence-corrected chi connectivity index (χ0v) is 11.2. The van der Waals surface area contributed by atoms with Crippen LogP contribution in [0.4, 0.5) is 0 Å². The third-order valence-corrected chi connectivity index (χ3v) is 4.08. The molecule has 98 valence electrons. The van der Waals surface area contributed by atoms with E-state index in [-0.39, 0.29) is 0 Å². The van der Waals surface area contributed by atoms with Gasteiger partial charge in [0.2, 0.25) is 0 Å². The van der Waals surface area contributed by atoms with Crippen LogP contribution in [-0.2, 0) is 6.37 Å². The molecule has 0 unspecified atom stereocenters. The predicted octanol–water partition coefficient (Wildman–Crippen LogP) is 4.35. The van der Waals surface area contributed by atoms with Crippen LogP contribution in [-0.4, -0.2) is 9.97 Å². The van der Waals surface area contributed by atoms with Gasteiger partial charge in [-0.3, -0.25) is 9.97 Å². The van der Waals surface area contributed by atoms with Crippen molar-refractivity contribution < 1.29 is 2.74 Å². The van der Waals surface area contributed by atoms with Crippen molar-refractivity contribution in [3.63, 3.8) is 0 Å². The molecule has 2 heteroatoms. The number of benzene rings is 2. The minimum atomic E-state index is -1.60. The van der Waals surface area contributed by atoms with Crippen molar-refractivity contribution in [2.45, 2.75) is 6.37 Å². The molecular weight excluding hydrogens is 256 g/mol. The summed E-state index contributed by atoms with van der Waals surface area (Å²) in [5.41, 5.74) is 3.76. The molecule has 0 N–H and O–H groups in total. The molecule has 0 amide bonds. The highest BCUT2D eigenvalue weighted by Gasteiger charge is 2.20. The predicted molar refractivity (Wildman–Crippen MR) is 85.3 cm³/mol. The third kappa shape index (κ3) is 1.42. The number of hydrogen-bond acceptors (Lipinski definition) is 2. The summed E-state index contributed by atoms with van der Waals surface area (Å²) >= 11 is 0. The smallest absolute Gasteiger partial charge is 0.0888 e. The van der Waals surface area contributed by atoms with Gasteiger partial charge in [0.25, 0.3) is 0 Å². The van der Waals surface area contributed by atoms with Crippen LogP contribution in [0.5, 0.6) is 0 Å². The average Bonchev–Trinajstić information content (AvgIpc) is 2.59. The van der Waals surface area contributed by atoms with Gasteiger partial charge in [0.1, 0.15) is 0 Å². The fourth-order valence-electron chi connectivity index (χ4n) is 3.16. The molecule has 2 aromatic carbocycles. The fraction of sp³-hybridized carbons (Fsp3) is 0.0526. The number of nitrogens with zero attached hydrogens (tertiary/aromatic N) is 2. The Hall–Kier alpha value is -2.74. The number of fused-ring (bicyclic) bond motifs is 4. The van der Waals surface area contributed by atoms with E-state index in [1.165, 1.54) is 0 Å². The first-order chi connectivity index (χ1) is 11.2. The van der Waals surface area contributed by atoms with Crippen LogP contribution in [0, 0.1) is 0 Å². The molecule has 2 heterocycles. The average molecular weight is 270 g/mol. The molecule has 1 aliphatic rings. The minimum absolute atomic E-state index is 0.620. The van der Waals surface area contributed by atoms with E-state index >= 15 is 0 Å². The summed E-state index contributed by atoms with van der Waals surface area (Å²) in [4.78, 5) is 8.90. The highest BCUT2D eigenvalue weighted by molar-refractivity contribution is 6.03. The van der Waals surface area contributed by atoms with Crippen LogP contribution in [0.2, 0.25) is 0 Å². The van der Waals surface area contributed by atoms with Gasteiger partial charge in [-0.15, -0.1) is 0 Å². The summed E-state index contributed by atoms with van der Waals surface area (Å²) in [6.07, 6.45) is 1.85. The van der Waals surface area contributed by atoms with Crippen LogP contribution in [0.3, 0.4) is 0 Å². The Kier molecular flexibility index (Phi) is 1.71. The summed E-state index contributed by atoms with van der Waals surface area (Å²) in [5.74, 6) is 0. The lowest BCUT2D eigenvalue weighted by atomic mass is 9.85. The van der Waals surface area contributed by atoms with Gasteiger partial charge in [0.05, 0.1) is 17.4 Å². The van der Waals surface area contributed by atoms with Crippen molar-refractivity contribution in [1.29, 1.82) is 0 Å². The summed E-state index contributed by atoms with van der Waals surface area (Å²) in [7, 11) is 0. The summed E-state index contributed by atoms with van der Waals surface area (Å²) < 4.78 is 17.6. The van der Waals surface area contributed by atoms with Gasteiger partial charge >= 0.3 is 0 Å². The fourth-order valence-corrected chi connectivity index (χ4v) is 3.16. The molecule has 1 aliphatic carbocycles. The van der Waals surface area contributed by atoms with Crippen LogP contribution in [0.15, 0.2) is 60.9 Å². The second-order valence-electron chi connectivity index (χ2n) is 5.25. The molecular formula is C19H12N2. The Morgan fingerprint density at radius 3 is 2.81 bits per heavy atom. The van der Waals surface area contributed by atoms with E-state index in [9.17, 15) is 0 Å². The Balaban J connectivity index is 2.07. The monoisotopic (exact) mass is 270 g/mol. The quantitative estimate of drug-likeness (QED) is 0.474. The molecule has 2 nitrogen and oxygen atoms in total. The standard InChI is InChI=1S/C19H12N2/c1-4-12-5-2-7-15-18(12)13(6-1)10-16-14-8-3-9-20-17(14)11-21-19(15)16/h1-9,11H,10H2/i10D2. The van der Waals surface area contributed by atoms with Gasteiger partial charge in [-0.05, 0) is 28.0 Å². The Bertz CT molecular complexity index is 1100.